The van der Waals surface area contributed by atoms with Gasteiger partial charge in [0.25, 0.3) is 0 Å². The average Bonchev–Trinajstić information content (AvgIpc) is 2.40. The van der Waals surface area contributed by atoms with Crippen LogP contribution >= 0.6 is 0 Å². The van der Waals surface area contributed by atoms with Crippen LogP contribution in [0.15, 0.2) is 0 Å². The van der Waals surface area contributed by atoms with Crippen molar-refractivity contribution in [3.63, 3.8) is 0 Å². The van der Waals surface area contributed by atoms with Gasteiger partial charge in [-0.25, -0.2) is 0 Å². The van der Waals surface area contributed by atoms with Crippen molar-refractivity contribution >= 4 is 0 Å². The molecular weight excluding hydrogens is 258 g/mol. The van der Waals surface area contributed by atoms with Crippen molar-refractivity contribution in [3.8, 4) is 0 Å². The van der Waals surface area contributed by atoms with Crippen molar-refractivity contribution in [1.82, 2.24) is 0 Å². The maximum atomic E-state index is 8.95. The molecule has 0 amide bonds. The molecule has 5 nitrogen and oxygen atoms in total. The second-order valence-electron chi connectivity index (χ2n) is 5.53. The molecule has 0 aliphatic rings. The second-order valence-corrected chi connectivity index (χ2v) is 5.53. The van der Waals surface area contributed by atoms with Crippen molar-refractivity contribution in [2.45, 2.75) is 51.9 Å². The molecule has 4 N–H and O–H groups in total. The van der Waals surface area contributed by atoms with Crippen molar-refractivity contribution in [3.05, 3.63) is 0 Å². The Morgan fingerprint density at radius 3 is 1.20 bits per heavy atom. The highest BCUT2D eigenvalue weighted by Crippen LogP contribution is 2.15. The maximum absolute atomic E-state index is 8.95. The molecular formula is C15H35NO4. The highest BCUT2D eigenvalue weighted by Gasteiger charge is 2.24. The van der Waals surface area contributed by atoms with Crippen LogP contribution in [-0.2, 0) is 0 Å². The minimum absolute atomic E-state index is 0. The Morgan fingerprint density at radius 1 is 0.600 bits per heavy atom. The van der Waals surface area contributed by atoms with Crippen LogP contribution < -0.4 is 0 Å². The summed E-state index contributed by atoms with van der Waals surface area (Å²) in [5, 5.41) is 26.8. The summed E-state index contributed by atoms with van der Waals surface area (Å²) in [4.78, 5) is 0. The Bertz CT molecular complexity index is 164. The van der Waals surface area contributed by atoms with Gasteiger partial charge in [0.05, 0.1) is 26.2 Å². The second kappa shape index (κ2) is 15.2. The number of aliphatic hydroxyl groups is 3. The largest absolute Gasteiger partial charge is 0.870 e. The molecule has 0 aliphatic heterocycles. The molecule has 0 fully saturated rings. The van der Waals surface area contributed by atoms with Gasteiger partial charge in [0.15, 0.2) is 0 Å². The molecule has 0 aromatic heterocycles. The highest BCUT2D eigenvalue weighted by atomic mass is 16.3. The van der Waals surface area contributed by atoms with E-state index in [1.807, 2.05) is 0 Å². The number of hydrogen-bond acceptors (Lipinski definition) is 4. The van der Waals surface area contributed by atoms with Gasteiger partial charge in [0.1, 0.15) is 0 Å². The quantitative estimate of drug-likeness (QED) is 0.333. The number of rotatable bonds is 14. The van der Waals surface area contributed by atoms with Crippen LogP contribution in [0, 0.1) is 0 Å². The third-order valence-corrected chi connectivity index (χ3v) is 3.82. The smallest absolute Gasteiger partial charge is 0.0787 e. The topological polar surface area (TPSA) is 90.7 Å². The van der Waals surface area contributed by atoms with Gasteiger partial charge >= 0.3 is 0 Å². The Morgan fingerprint density at radius 2 is 0.950 bits per heavy atom. The molecule has 0 rings (SSSR count). The van der Waals surface area contributed by atoms with Crippen molar-refractivity contribution in [2.75, 3.05) is 46.0 Å². The fourth-order valence-corrected chi connectivity index (χ4v) is 2.82. The first-order valence-corrected chi connectivity index (χ1v) is 7.92. The Labute approximate surface area is 124 Å². The summed E-state index contributed by atoms with van der Waals surface area (Å²) in [5.74, 6) is 0. The van der Waals surface area contributed by atoms with E-state index in [1.54, 1.807) is 0 Å². The molecule has 0 bridgehead atoms. The van der Waals surface area contributed by atoms with E-state index in [-0.39, 0.29) is 25.3 Å². The molecule has 0 atom stereocenters. The summed E-state index contributed by atoms with van der Waals surface area (Å²) in [5.41, 5.74) is 0. The van der Waals surface area contributed by atoms with Gasteiger partial charge in [-0.15, -0.1) is 0 Å². The Hall–Kier alpha value is -0.200. The van der Waals surface area contributed by atoms with Crippen LogP contribution in [0.25, 0.3) is 0 Å². The molecule has 0 radical (unpaired) electrons. The van der Waals surface area contributed by atoms with Gasteiger partial charge in [-0.05, 0) is 44.9 Å². The number of quaternary nitrogens is 1. The lowest BCUT2D eigenvalue weighted by molar-refractivity contribution is -0.929. The summed E-state index contributed by atoms with van der Waals surface area (Å²) in [6.45, 7) is 7.57. The van der Waals surface area contributed by atoms with E-state index in [0.29, 0.717) is 0 Å². The third-order valence-electron chi connectivity index (χ3n) is 3.82. The van der Waals surface area contributed by atoms with Crippen LogP contribution in [0.4, 0.5) is 0 Å². The zero-order valence-corrected chi connectivity index (χ0v) is 13.1. The van der Waals surface area contributed by atoms with E-state index in [9.17, 15) is 0 Å². The predicted octanol–water partition coefficient (Wildman–Crippen LogP) is 1.35. The number of aliphatic hydroxyl groups excluding tert-OH is 3. The summed E-state index contributed by atoms with van der Waals surface area (Å²) < 4.78 is 1.09. The zero-order chi connectivity index (χ0) is 14.4. The van der Waals surface area contributed by atoms with Crippen LogP contribution in [0.3, 0.4) is 0 Å². The number of unbranched alkanes of at least 4 members (excludes halogenated alkanes) is 3. The summed E-state index contributed by atoms with van der Waals surface area (Å²) >= 11 is 0. The summed E-state index contributed by atoms with van der Waals surface area (Å²) in [6.07, 6.45) is 6.99. The van der Waals surface area contributed by atoms with Crippen molar-refractivity contribution < 1.29 is 25.3 Å². The maximum Gasteiger partial charge on any atom is 0.0787 e. The Balaban J connectivity index is 0. The summed E-state index contributed by atoms with van der Waals surface area (Å²) in [7, 11) is 0. The van der Waals surface area contributed by atoms with Gasteiger partial charge in [0, 0.05) is 19.8 Å². The molecule has 0 saturated heterocycles. The lowest BCUT2D eigenvalue weighted by atomic mass is 10.1. The van der Waals surface area contributed by atoms with Gasteiger partial charge in [-0.2, -0.15) is 0 Å². The minimum Gasteiger partial charge on any atom is -0.870 e. The molecule has 0 spiro atoms. The lowest BCUT2D eigenvalue weighted by Crippen LogP contribution is -2.50. The predicted molar refractivity (Wildman–Crippen MR) is 80.9 cm³/mol. The van der Waals surface area contributed by atoms with Crippen molar-refractivity contribution in [1.29, 1.82) is 0 Å². The van der Waals surface area contributed by atoms with Gasteiger partial charge in [-0.1, -0.05) is 6.92 Å². The number of hydrogen-bond donors (Lipinski definition) is 3. The standard InChI is InChI=1S/C15H34NO3.H2O/c1-2-9-16(10-3-6-13-17,11-4-7-14-18)12-5-8-15-19;/h17-19H,2-15H2,1H3;1H2/q+1;/p-1. The first-order valence-electron chi connectivity index (χ1n) is 7.92. The van der Waals surface area contributed by atoms with Gasteiger partial charge in [0.2, 0.25) is 0 Å². The molecule has 20 heavy (non-hydrogen) atoms. The van der Waals surface area contributed by atoms with Crippen LogP contribution in [0.2, 0.25) is 0 Å². The van der Waals surface area contributed by atoms with E-state index in [0.717, 1.165) is 69.1 Å². The molecule has 0 heterocycles. The Kier molecular flexibility index (Phi) is 16.8. The summed E-state index contributed by atoms with van der Waals surface area (Å²) in [6, 6.07) is 0. The number of nitrogens with zero attached hydrogens (tertiary/aromatic N) is 1. The zero-order valence-electron chi connectivity index (χ0n) is 13.1. The minimum atomic E-state index is 0. The lowest BCUT2D eigenvalue weighted by Gasteiger charge is -2.39. The molecule has 0 aromatic rings. The van der Waals surface area contributed by atoms with E-state index in [2.05, 4.69) is 6.92 Å². The van der Waals surface area contributed by atoms with E-state index >= 15 is 0 Å². The molecule has 0 saturated carbocycles. The van der Waals surface area contributed by atoms with Crippen LogP contribution in [-0.4, -0.2) is 71.3 Å². The normalized spacial score (nSPS) is 11.4. The van der Waals surface area contributed by atoms with Gasteiger partial charge < -0.3 is 25.3 Å². The first-order chi connectivity index (χ1) is 9.24. The average molecular weight is 293 g/mol. The molecule has 5 heteroatoms. The monoisotopic (exact) mass is 293 g/mol. The fourth-order valence-electron chi connectivity index (χ4n) is 2.82. The highest BCUT2D eigenvalue weighted by molar-refractivity contribution is 4.50. The molecule has 0 unspecified atom stereocenters. The first kappa shape index (κ1) is 22.1. The van der Waals surface area contributed by atoms with Crippen LogP contribution in [0.1, 0.15) is 51.9 Å². The van der Waals surface area contributed by atoms with E-state index in [4.69, 9.17) is 15.3 Å². The van der Waals surface area contributed by atoms with E-state index < -0.39 is 0 Å². The SMILES string of the molecule is CCC[N+](CCCCO)(CCCCO)CCCCO.[OH-]. The third kappa shape index (κ3) is 10.6. The van der Waals surface area contributed by atoms with Gasteiger partial charge in [-0.3, -0.25) is 0 Å². The molecule has 124 valence electrons. The molecule has 0 aliphatic carbocycles. The van der Waals surface area contributed by atoms with E-state index in [1.165, 1.54) is 6.54 Å². The molecule has 0 aromatic carbocycles. The van der Waals surface area contributed by atoms with Crippen molar-refractivity contribution in [2.24, 2.45) is 0 Å². The van der Waals surface area contributed by atoms with Crippen LogP contribution in [0.5, 0.6) is 0 Å². The fraction of sp³-hybridized carbons (Fsp3) is 1.00.